The third-order valence-electron chi connectivity index (χ3n) is 5.31. The average Bonchev–Trinajstić information content (AvgIpc) is 2.80. The van der Waals surface area contributed by atoms with Gasteiger partial charge in [0.1, 0.15) is 5.69 Å². The molecule has 0 aliphatic carbocycles. The van der Waals surface area contributed by atoms with Gasteiger partial charge in [-0.1, -0.05) is 18.2 Å². The first-order valence-corrected chi connectivity index (χ1v) is 10.1. The molecule has 1 fully saturated rings. The largest absolute Gasteiger partial charge is 0.350 e. The number of aromatic nitrogens is 1. The van der Waals surface area contributed by atoms with Gasteiger partial charge in [-0.15, -0.1) is 0 Å². The normalized spacial score (nSPS) is 14.3. The van der Waals surface area contributed by atoms with Gasteiger partial charge in [-0.3, -0.25) is 24.8 Å². The van der Waals surface area contributed by atoms with Crippen LogP contribution in [-0.2, 0) is 6.54 Å². The van der Waals surface area contributed by atoms with Crippen LogP contribution in [0, 0.1) is 10.1 Å². The predicted octanol–water partition coefficient (Wildman–Crippen LogP) is 3.69. The van der Waals surface area contributed by atoms with E-state index in [1.165, 1.54) is 11.6 Å². The summed E-state index contributed by atoms with van der Waals surface area (Å²) in [6.07, 6.45) is 3.55. The minimum absolute atomic E-state index is 0.119. The van der Waals surface area contributed by atoms with Crippen LogP contribution >= 0.6 is 0 Å². The molecule has 0 spiro atoms. The summed E-state index contributed by atoms with van der Waals surface area (Å²) in [4.78, 5) is 32.2. The molecular weight excluding hydrogens is 394 g/mol. The second kappa shape index (κ2) is 9.36. The van der Waals surface area contributed by atoms with Crippen LogP contribution in [-0.4, -0.2) is 51.8 Å². The van der Waals surface area contributed by atoms with Crippen LogP contribution in [0.2, 0.25) is 0 Å². The molecule has 0 atom stereocenters. The molecule has 1 saturated heterocycles. The number of nitro groups is 1. The summed E-state index contributed by atoms with van der Waals surface area (Å²) in [5.41, 5.74) is 2.50. The van der Waals surface area contributed by atoms with Gasteiger partial charge in [0.05, 0.1) is 4.92 Å². The number of hydrogen-bond acceptors (Lipinski definition) is 6. The van der Waals surface area contributed by atoms with Crippen molar-refractivity contribution in [3.05, 3.63) is 94.3 Å². The lowest BCUT2D eigenvalue weighted by atomic mass is 10.1. The quantitative estimate of drug-likeness (QED) is 0.486. The molecule has 1 aromatic heterocycles. The van der Waals surface area contributed by atoms with E-state index >= 15 is 0 Å². The molecule has 1 N–H and O–H groups in total. The highest BCUT2D eigenvalue weighted by atomic mass is 16.6. The summed E-state index contributed by atoms with van der Waals surface area (Å²) in [6.45, 7) is 3.49. The standard InChI is InChI=1S/C23H23N5O3/c29-23(27-14-12-26(13-15-27)17-18-8-10-24-11-9-18)19-6-7-21(22(16-19)28(30)31)25-20-4-2-1-3-5-20/h1-11,16,25H,12-15,17H2. The Labute approximate surface area is 180 Å². The van der Waals surface area contributed by atoms with Crippen molar-refractivity contribution in [2.45, 2.75) is 6.54 Å². The van der Waals surface area contributed by atoms with E-state index in [2.05, 4.69) is 15.2 Å². The Kier molecular flexibility index (Phi) is 6.18. The van der Waals surface area contributed by atoms with Crippen molar-refractivity contribution < 1.29 is 9.72 Å². The van der Waals surface area contributed by atoms with Crippen molar-refractivity contribution in [3.63, 3.8) is 0 Å². The molecule has 0 saturated carbocycles. The van der Waals surface area contributed by atoms with Crippen molar-refractivity contribution in [1.29, 1.82) is 0 Å². The Hall–Kier alpha value is -3.78. The molecule has 31 heavy (non-hydrogen) atoms. The summed E-state index contributed by atoms with van der Waals surface area (Å²) in [7, 11) is 0. The predicted molar refractivity (Wildman–Crippen MR) is 118 cm³/mol. The van der Waals surface area contributed by atoms with E-state index in [-0.39, 0.29) is 11.6 Å². The van der Waals surface area contributed by atoms with Gasteiger partial charge in [0, 0.05) is 62.4 Å². The second-order valence-electron chi connectivity index (χ2n) is 7.40. The zero-order valence-electron chi connectivity index (χ0n) is 17.0. The van der Waals surface area contributed by atoms with E-state index in [1.54, 1.807) is 29.4 Å². The van der Waals surface area contributed by atoms with Gasteiger partial charge in [-0.25, -0.2) is 0 Å². The number of para-hydroxylation sites is 1. The van der Waals surface area contributed by atoms with E-state index in [1.807, 2.05) is 42.5 Å². The van der Waals surface area contributed by atoms with Crippen molar-refractivity contribution in [2.24, 2.45) is 0 Å². The van der Waals surface area contributed by atoms with Gasteiger partial charge >= 0.3 is 0 Å². The topological polar surface area (TPSA) is 91.6 Å². The zero-order chi connectivity index (χ0) is 21.6. The van der Waals surface area contributed by atoms with Crippen LogP contribution < -0.4 is 5.32 Å². The van der Waals surface area contributed by atoms with E-state index in [9.17, 15) is 14.9 Å². The molecule has 158 valence electrons. The maximum absolute atomic E-state index is 13.0. The minimum atomic E-state index is -0.464. The average molecular weight is 417 g/mol. The molecule has 0 bridgehead atoms. The number of nitro benzene ring substituents is 1. The molecule has 0 radical (unpaired) electrons. The number of nitrogens with one attached hydrogen (secondary N) is 1. The Bertz CT molecular complexity index is 1050. The first-order chi connectivity index (χ1) is 15.1. The van der Waals surface area contributed by atoms with Gasteiger partial charge in [-0.05, 0) is 42.0 Å². The molecular formula is C23H23N5O3. The number of rotatable bonds is 6. The Morgan fingerprint density at radius 2 is 1.71 bits per heavy atom. The van der Waals surface area contributed by atoms with Crippen LogP contribution in [0.3, 0.4) is 0 Å². The molecule has 1 aliphatic heterocycles. The van der Waals surface area contributed by atoms with Gasteiger partial charge in [0.15, 0.2) is 0 Å². The highest BCUT2D eigenvalue weighted by Gasteiger charge is 2.24. The number of carbonyl (C=O) groups excluding carboxylic acids is 1. The molecule has 2 aromatic carbocycles. The molecule has 2 heterocycles. The van der Waals surface area contributed by atoms with Crippen LogP contribution in [0.25, 0.3) is 0 Å². The van der Waals surface area contributed by atoms with Crippen molar-refractivity contribution >= 4 is 23.0 Å². The van der Waals surface area contributed by atoms with Crippen LogP contribution in [0.15, 0.2) is 73.1 Å². The van der Waals surface area contributed by atoms with E-state index in [4.69, 9.17) is 0 Å². The molecule has 1 amide bonds. The number of pyridine rings is 1. The van der Waals surface area contributed by atoms with E-state index in [0.29, 0.717) is 24.3 Å². The van der Waals surface area contributed by atoms with Gasteiger partial charge in [0.25, 0.3) is 11.6 Å². The number of nitrogens with zero attached hydrogens (tertiary/aromatic N) is 4. The summed E-state index contributed by atoms with van der Waals surface area (Å²) in [5, 5.41) is 14.7. The second-order valence-corrected chi connectivity index (χ2v) is 7.40. The lowest BCUT2D eigenvalue weighted by Crippen LogP contribution is -2.48. The molecule has 8 nitrogen and oxygen atoms in total. The fourth-order valence-electron chi connectivity index (χ4n) is 3.64. The van der Waals surface area contributed by atoms with E-state index < -0.39 is 4.92 Å². The first-order valence-electron chi connectivity index (χ1n) is 10.1. The zero-order valence-corrected chi connectivity index (χ0v) is 17.0. The maximum atomic E-state index is 13.0. The lowest BCUT2D eigenvalue weighted by Gasteiger charge is -2.34. The smallest absolute Gasteiger partial charge is 0.293 e. The van der Waals surface area contributed by atoms with Crippen LogP contribution in [0.4, 0.5) is 17.1 Å². The maximum Gasteiger partial charge on any atom is 0.293 e. The summed E-state index contributed by atoms with van der Waals surface area (Å²) in [5.74, 6) is -0.182. The number of benzene rings is 2. The van der Waals surface area contributed by atoms with E-state index in [0.717, 1.165) is 25.3 Å². The fraction of sp³-hybridized carbons (Fsp3) is 0.217. The minimum Gasteiger partial charge on any atom is -0.350 e. The monoisotopic (exact) mass is 417 g/mol. The molecule has 0 unspecified atom stereocenters. The first kappa shape index (κ1) is 20.5. The van der Waals surface area contributed by atoms with Gasteiger partial charge in [0.2, 0.25) is 0 Å². The lowest BCUT2D eigenvalue weighted by molar-refractivity contribution is -0.383. The van der Waals surface area contributed by atoms with Crippen molar-refractivity contribution in [2.75, 3.05) is 31.5 Å². The van der Waals surface area contributed by atoms with Crippen molar-refractivity contribution in [1.82, 2.24) is 14.8 Å². The number of hydrogen-bond donors (Lipinski definition) is 1. The van der Waals surface area contributed by atoms with Gasteiger partial charge < -0.3 is 10.2 Å². The number of piperazine rings is 1. The highest BCUT2D eigenvalue weighted by Crippen LogP contribution is 2.29. The summed E-state index contributed by atoms with van der Waals surface area (Å²) in [6, 6.07) is 17.8. The third-order valence-corrected chi connectivity index (χ3v) is 5.31. The molecule has 8 heteroatoms. The van der Waals surface area contributed by atoms with Crippen LogP contribution in [0.1, 0.15) is 15.9 Å². The number of anilines is 2. The Morgan fingerprint density at radius 3 is 2.39 bits per heavy atom. The third kappa shape index (κ3) is 5.04. The highest BCUT2D eigenvalue weighted by molar-refractivity contribution is 5.96. The van der Waals surface area contributed by atoms with Gasteiger partial charge in [-0.2, -0.15) is 0 Å². The number of amides is 1. The van der Waals surface area contributed by atoms with Crippen molar-refractivity contribution in [3.8, 4) is 0 Å². The Balaban J connectivity index is 1.42. The SMILES string of the molecule is O=C(c1ccc(Nc2ccccc2)c([N+](=O)[O-])c1)N1CCN(Cc2ccncc2)CC1. The number of carbonyl (C=O) groups is 1. The molecule has 1 aliphatic rings. The molecule has 3 aromatic rings. The Morgan fingerprint density at radius 1 is 1.00 bits per heavy atom. The molecule has 4 rings (SSSR count). The van der Waals surface area contributed by atoms with Crippen LogP contribution in [0.5, 0.6) is 0 Å². The summed E-state index contributed by atoms with van der Waals surface area (Å²) < 4.78 is 0. The summed E-state index contributed by atoms with van der Waals surface area (Å²) >= 11 is 0. The fourth-order valence-corrected chi connectivity index (χ4v) is 3.64.